The number of hydrazine groups is 1. The number of hydrogen-bond acceptors (Lipinski definition) is 4. The Kier molecular flexibility index (Phi) is 3.96. The Labute approximate surface area is 148 Å². The minimum atomic E-state index is -4.53. The van der Waals surface area contributed by atoms with Gasteiger partial charge in [-0.3, -0.25) is 19.7 Å². The summed E-state index contributed by atoms with van der Waals surface area (Å²) in [6.45, 7) is 1.41. The molecule has 136 valence electrons. The van der Waals surface area contributed by atoms with Crippen LogP contribution in [0.25, 0.3) is 0 Å². The number of halogens is 3. The van der Waals surface area contributed by atoms with Crippen LogP contribution in [0.3, 0.4) is 0 Å². The molecular formula is C18H17F3N4O. The normalized spacial score (nSPS) is 17.4. The molecular weight excluding hydrogens is 345 g/mol. The number of aromatic nitrogens is 1. The summed E-state index contributed by atoms with van der Waals surface area (Å²) in [5.74, 6) is 4.95. The van der Waals surface area contributed by atoms with Gasteiger partial charge in [-0.2, -0.15) is 13.2 Å². The third kappa shape index (κ3) is 2.95. The summed E-state index contributed by atoms with van der Waals surface area (Å²) in [5.41, 5.74) is 1.80. The quantitative estimate of drug-likeness (QED) is 0.659. The van der Waals surface area contributed by atoms with E-state index in [2.05, 4.69) is 4.98 Å². The third-order valence-electron chi connectivity index (χ3n) is 4.90. The van der Waals surface area contributed by atoms with E-state index in [1.54, 1.807) is 6.20 Å². The Morgan fingerprint density at radius 1 is 1.23 bits per heavy atom. The van der Waals surface area contributed by atoms with Gasteiger partial charge >= 0.3 is 6.18 Å². The number of amides is 1. The van der Waals surface area contributed by atoms with E-state index in [1.807, 2.05) is 17.0 Å². The molecule has 0 spiro atoms. The fraction of sp³-hybridized carbons (Fsp3) is 0.333. The second kappa shape index (κ2) is 6.07. The number of carbonyl (C=O) groups is 1. The summed E-state index contributed by atoms with van der Waals surface area (Å²) >= 11 is 0. The topological polar surface area (TPSA) is 62.5 Å². The highest BCUT2D eigenvalue weighted by atomic mass is 19.4. The SMILES string of the molecule is NN1Cc2c(cc(CN3CCc4cccnc4C3)cc2C(F)(F)F)C1=O. The zero-order valence-electron chi connectivity index (χ0n) is 13.9. The van der Waals surface area contributed by atoms with Crippen LogP contribution in [0.2, 0.25) is 0 Å². The molecule has 1 aromatic carbocycles. The maximum absolute atomic E-state index is 13.5. The van der Waals surface area contributed by atoms with Crippen molar-refractivity contribution < 1.29 is 18.0 Å². The average Bonchev–Trinajstić information content (AvgIpc) is 2.88. The zero-order valence-corrected chi connectivity index (χ0v) is 13.9. The number of nitrogens with two attached hydrogens (primary N) is 1. The van der Waals surface area contributed by atoms with Gasteiger partial charge in [-0.1, -0.05) is 6.07 Å². The van der Waals surface area contributed by atoms with Crippen molar-refractivity contribution in [2.24, 2.45) is 5.84 Å². The molecule has 2 aliphatic heterocycles. The molecule has 8 heteroatoms. The van der Waals surface area contributed by atoms with Crippen molar-refractivity contribution in [1.29, 1.82) is 0 Å². The summed E-state index contributed by atoms with van der Waals surface area (Å²) in [6, 6.07) is 6.58. The van der Waals surface area contributed by atoms with Crippen LogP contribution < -0.4 is 5.84 Å². The molecule has 0 atom stereocenters. The Balaban J connectivity index is 1.65. The molecule has 4 rings (SSSR count). The molecule has 0 fully saturated rings. The molecule has 1 amide bonds. The van der Waals surface area contributed by atoms with E-state index in [1.165, 1.54) is 11.6 Å². The zero-order chi connectivity index (χ0) is 18.5. The number of pyridine rings is 1. The standard InChI is InChI=1S/C18H17F3N4O/c19-18(20,21)15-7-11(6-13-14(15)9-25(22)17(13)26)8-24-5-3-12-2-1-4-23-16(12)10-24/h1-2,4,6-7H,3,5,8-10,22H2. The molecule has 5 nitrogen and oxygen atoms in total. The van der Waals surface area contributed by atoms with Crippen LogP contribution in [0.4, 0.5) is 13.2 Å². The van der Waals surface area contributed by atoms with Crippen molar-refractivity contribution in [3.8, 4) is 0 Å². The van der Waals surface area contributed by atoms with E-state index in [9.17, 15) is 18.0 Å². The van der Waals surface area contributed by atoms with Gasteiger partial charge in [0.15, 0.2) is 0 Å². The third-order valence-corrected chi connectivity index (χ3v) is 4.90. The number of hydrogen-bond donors (Lipinski definition) is 1. The predicted molar refractivity (Wildman–Crippen MR) is 87.6 cm³/mol. The monoisotopic (exact) mass is 362 g/mol. The van der Waals surface area contributed by atoms with Crippen molar-refractivity contribution in [2.75, 3.05) is 6.54 Å². The number of carbonyl (C=O) groups excluding carboxylic acids is 1. The lowest BCUT2D eigenvalue weighted by atomic mass is 9.98. The van der Waals surface area contributed by atoms with Crippen LogP contribution in [0, 0.1) is 0 Å². The van der Waals surface area contributed by atoms with Gasteiger partial charge in [0.25, 0.3) is 5.91 Å². The second-order valence-corrected chi connectivity index (χ2v) is 6.67. The first-order valence-electron chi connectivity index (χ1n) is 8.27. The lowest BCUT2D eigenvalue weighted by Gasteiger charge is -2.28. The smallest absolute Gasteiger partial charge is 0.293 e. The molecule has 1 aromatic heterocycles. The highest BCUT2D eigenvalue weighted by Gasteiger charge is 2.39. The van der Waals surface area contributed by atoms with Gasteiger partial charge < -0.3 is 0 Å². The van der Waals surface area contributed by atoms with Gasteiger partial charge in [-0.15, -0.1) is 0 Å². The second-order valence-electron chi connectivity index (χ2n) is 6.67. The summed E-state index contributed by atoms with van der Waals surface area (Å²) in [6.07, 6.45) is -2.01. The van der Waals surface area contributed by atoms with E-state index in [-0.39, 0.29) is 17.7 Å². The van der Waals surface area contributed by atoms with Crippen LogP contribution in [0.1, 0.15) is 38.3 Å². The van der Waals surface area contributed by atoms with Crippen LogP contribution in [-0.4, -0.2) is 27.3 Å². The van der Waals surface area contributed by atoms with Gasteiger partial charge in [0.2, 0.25) is 0 Å². The van der Waals surface area contributed by atoms with Crippen molar-refractivity contribution in [1.82, 2.24) is 14.9 Å². The minimum Gasteiger partial charge on any atom is -0.293 e. The summed E-state index contributed by atoms with van der Waals surface area (Å²) in [4.78, 5) is 18.5. The van der Waals surface area contributed by atoms with E-state index in [0.717, 1.165) is 29.7 Å². The number of nitrogens with zero attached hydrogens (tertiary/aromatic N) is 3. The Hall–Kier alpha value is -2.45. The van der Waals surface area contributed by atoms with E-state index < -0.39 is 17.6 Å². The fourth-order valence-corrected chi connectivity index (χ4v) is 3.64. The van der Waals surface area contributed by atoms with Crippen molar-refractivity contribution >= 4 is 5.91 Å². The Bertz CT molecular complexity index is 881. The van der Waals surface area contributed by atoms with E-state index >= 15 is 0 Å². The molecule has 0 radical (unpaired) electrons. The highest BCUT2D eigenvalue weighted by molar-refractivity contribution is 5.98. The maximum Gasteiger partial charge on any atom is 0.416 e. The van der Waals surface area contributed by atoms with Crippen molar-refractivity contribution in [2.45, 2.75) is 32.2 Å². The molecule has 2 aromatic rings. The van der Waals surface area contributed by atoms with Crippen LogP contribution >= 0.6 is 0 Å². The van der Waals surface area contributed by atoms with Gasteiger partial charge in [-0.05, 0) is 41.3 Å². The molecule has 0 aliphatic carbocycles. The molecule has 0 saturated heterocycles. The number of benzene rings is 1. The number of rotatable bonds is 2. The lowest BCUT2D eigenvalue weighted by Crippen LogP contribution is -2.31. The fourth-order valence-electron chi connectivity index (χ4n) is 3.64. The molecule has 0 bridgehead atoms. The Morgan fingerprint density at radius 2 is 2.04 bits per heavy atom. The average molecular weight is 362 g/mol. The molecule has 2 aliphatic rings. The van der Waals surface area contributed by atoms with Crippen LogP contribution in [0.15, 0.2) is 30.5 Å². The first-order valence-corrected chi connectivity index (χ1v) is 8.27. The molecule has 26 heavy (non-hydrogen) atoms. The summed E-state index contributed by atoms with van der Waals surface area (Å²) < 4.78 is 40.4. The van der Waals surface area contributed by atoms with Gasteiger partial charge in [0.05, 0.1) is 17.8 Å². The number of alkyl halides is 3. The van der Waals surface area contributed by atoms with Crippen molar-refractivity contribution in [3.05, 3.63) is 64.0 Å². The van der Waals surface area contributed by atoms with E-state index in [0.29, 0.717) is 18.7 Å². The summed E-state index contributed by atoms with van der Waals surface area (Å²) in [5, 5.41) is 0.824. The highest BCUT2D eigenvalue weighted by Crippen LogP contribution is 2.37. The summed E-state index contributed by atoms with van der Waals surface area (Å²) in [7, 11) is 0. The maximum atomic E-state index is 13.5. The molecule has 3 heterocycles. The largest absolute Gasteiger partial charge is 0.416 e. The molecule has 2 N–H and O–H groups in total. The first kappa shape index (κ1) is 17.0. The molecule has 0 unspecified atom stereocenters. The van der Waals surface area contributed by atoms with Gasteiger partial charge in [0, 0.05) is 31.4 Å². The lowest BCUT2D eigenvalue weighted by molar-refractivity contribution is -0.138. The van der Waals surface area contributed by atoms with E-state index in [4.69, 9.17) is 5.84 Å². The van der Waals surface area contributed by atoms with Crippen molar-refractivity contribution in [3.63, 3.8) is 0 Å². The predicted octanol–water partition coefficient (Wildman–Crippen LogP) is 2.49. The van der Waals surface area contributed by atoms with Crippen LogP contribution in [-0.2, 0) is 32.2 Å². The van der Waals surface area contributed by atoms with Crippen LogP contribution in [0.5, 0.6) is 0 Å². The minimum absolute atomic E-state index is 0.0422. The first-order chi connectivity index (χ1) is 12.3. The Morgan fingerprint density at radius 3 is 2.81 bits per heavy atom. The number of fused-ring (bicyclic) bond motifs is 2. The van der Waals surface area contributed by atoms with Gasteiger partial charge in [0.1, 0.15) is 0 Å². The van der Waals surface area contributed by atoms with Gasteiger partial charge in [-0.25, -0.2) is 5.84 Å². The molecule has 0 saturated carbocycles.